The number of hydrogen-bond donors (Lipinski definition) is 1. The first-order valence-corrected chi connectivity index (χ1v) is 13.0. The Balaban J connectivity index is 1.71. The van der Waals surface area contributed by atoms with Gasteiger partial charge in [0.2, 0.25) is 0 Å². The zero-order valence-electron chi connectivity index (χ0n) is 19.9. The molecule has 1 atom stereocenters. The predicted octanol–water partition coefficient (Wildman–Crippen LogP) is 4.60. The second kappa shape index (κ2) is 10.2. The van der Waals surface area contributed by atoms with Gasteiger partial charge in [0.15, 0.2) is 15.6 Å². The molecule has 34 heavy (non-hydrogen) atoms. The molecule has 0 fully saturated rings. The summed E-state index contributed by atoms with van der Waals surface area (Å²) in [6.07, 6.45) is 0. The number of sulfone groups is 1. The monoisotopic (exact) mass is 504 g/mol. The van der Waals surface area contributed by atoms with Gasteiger partial charge in [-0.2, -0.15) is 0 Å². The fourth-order valence-electron chi connectivity index (χ4n) is 3.59. The van der Waals surface area contributed by atoms with E-state index in [2.05, 4.69) is 5.32 Å². The Morgan fingerprint density at radius 1 is 1.09 bits per heavy atom. The third kappa shape index (κ3) is 5.80. The van der Waals surface area contributed by atoms with Crippen molar-refractivity contribution in [3.63, 3.8) is 0 Å². The molecule has 0 unspecified atom stereocenters. The Kier molecular flexibility index (Phi) is 7.73. The first-order chi connectivity index (χ1) is 15.9. The van der Waals surface area contributed by atoms with Crippen LogP contribution in [0, 0.1) is 12.8 Å². The highest BCUT2D eigenvalue weighted by Crippen LogP contribution is 2.28. The number of esters is 1. The van der Waals surface area contributed by atoms with Crippen molar-refractivity contribution in [3.05, 3.63) is 64.3 Å². The highest BCUT2D eigenvalue weighted by atomic mass is 35.5. The van der Waals surface area contributed by atoms with Crippen LogP contribution < -0.4 is 5.32 Å². The van der Waals surface area contributed by atoms with Crippen LogP contribution in [0.1, 0.15) is 48.4 Å². The number of carbonyl (C=O) groups excluding carboxylic acids is 2. The minimum atomic E-state index is -3.82. The van der Waals surface area contributed by atoms with Crippen LogP contribution in [0.4, 0.5) is 0 Å². The van der Waals surface area contributed by atoms with Gasteiger partial charge in [-0.3, -0.25) is 9.59 Å². The number of aryl methyl sites for hydroxylation is 2. The Morgan fingerprint density at radius 3 is 2.35 bits per heavy atom. The van der Waals surface area contributed by atoms with Gasteiger partial charge in [-0.05, 0) is 61.2 Å². The van der Waals surface area contributed by atoms with E-state index in [9.17, 15) is 18.0 Å². The van der Waals surface area contributed by atoms with Crippen molar-refractivity contribution in [2.24, 2.45) is 13.0 Å². The number of hydrogen-bond acceptors (Lipinski definition) is 5. The molecule has 1 aromatic heterocycles. The SMILES string of the molecule is Cc1cc(Cl)c2cc(C(=O)N[C@H](C)c3ccc(S(=O)(=O)CC(=O)OCC(C)C)cc3)n(C)c2c1. The average molecular weight is 505 g/mol. The number of fused-ring (bicyclic) bond motifs is 1. The Bertz CT molecular complexity index is 1330. The number of nitrogens with zero attached hydrogens (tertiary/aromatic N) is 1. The van der Waals surface area contributed by atoms with Gasteiger partial charge in [0, 0.05) is 12.4 Å². The van der Waals surface area contributed by atoms with E-state index in [1.165, 1.54) is 12.1 Å². The molecule has 0 aliphatic carbocycles. The molecular formula is C25H29ClN2O5S. The van der Waals surface area contributed by atoms with Crippen LogP contribution in [0.15, 0.2) is 47.4 Å². The first-order valence-electron chi connectivity index (χ1n) is 10.9. The molecule has 1 N–H and O–H groups in total. The van der Waals surface area contributed by atoms with Crippen molar-refractivity contribution in [1.82, 2.24) is 9.88 Å². The summed E-state index contributed by atoms with van der Waals surface area (Å²) in [6, 6.07) is 11.3. The Morgan fingerprint density at radius 2 is 1.74 bits per heavy atom. The molecule has 2 aromatic carbocycles. The zero-order chi connectivity index (χ0) is 25.2. The number of ether oxygens (including phenoxy) is 1. The van der Waals surface area contributed by atoms with Crippen molar-refractivity contribution in [3.8, 4) is 0 Å². The van der Waals surface area contributed by atoms with E-state index < -0.39 is 21.6 Å². The second-order valence-electron chi connectivity index (χ2n) is 8.87. The van der Waals surface area contributed by atoms with Crippen LogP contribution in [-0.4, -0.2) is 37.2 Å². The maximum Gasteiger partial charge on any atom is 0.321 e. The van der Waals surface area contributed by atoms with E-state index in [0.717, 1.165) is 22.0 Å². The zero-order valence-corrected chi connectivity index (χ0v) is 21.5. The minimum absolute atomic E-state index is 0.0231. The largest absolute Gasteiger partial charge is 0.465 e. The molecule has 0 saturated carbocycles. The molecule has 0 aliphatic heterocycles. The third-order valence-electron chi connectivity index (χ3n) is 5.46. The van der Waals surface area contributed by atoms with Crippen molar-refractivity contribution in [2.45, 2.75) is 38.6 Å². The van der Waals surface area contributed by atoms with Crippen LogP contribution in [0.3, 0.4) is 0 Å². The molecule has 9 heteroatoms. The quantitative estimate of drug-likeness (QED) is 0.452. The maximum atomic E-state index is 12.9. The van der Waals surface area contributed by atoms with E-state index in [4.69, 9.17) is 16.3 Å². The van der Waals surface area contributed by atoms with E-state index in [0.29, 0.717) is 10.7 Å². The lowest BCUT2D eigenvalue weighted by atomic mass is 10.1. The second-order valence-corrected chi connectivity index (χ2v) is 11.3. The Labute approximate surface area is 205 Å². The molecule has 0 aliphatic rings. The highest BCUT2D eigenvalue weighted by Gasteiger charge is 2.22. The maximum absolute atomic E-state index is 12.9. The fraction of sp³-hybridized carbons (Fsp3) is 0.360. The summed E-state index contributed by atoms with van der Waals surface area (Å²) in [4.78, 5) is 24.8. The number of nitrogens with one attached hydrogen (secondary N) is 1. The molecule has 1 heterocycles. The molecule has 1 amide bonds. The first kappa shape index (κ1) is 25.8. The van der Waals surface area contributed by atoms with Crippen molar-refractivity contribution >= 4 is 44.2 Å². The summed E-state index contributed by atoms with van der Waals surface area (Å²) in [5.74, 6) is -1.64. The molecule has 0 saturated heterocycles. The number of aromatic nitrogens is 1. The topological polar surface area (TPSA) is 94.5 Å². The number of rotatable bonds is 8. The fourth-order valence-corrected chi connectivity index (χ4v) is 5.03. The molecular weight excluding hydrogens is 476 g/mol. The van der Waals surface area contributed by atoms with Gasteiger partial charge in [0.25, 0.3) is 5.91 Å². The molecule has 7 nitrogen and oxygen atoms in total. The predicted molar refractivity (Wildman–Crippen MR) is 133 cm³/mol. The normalized spacial score (nSPS) is 12.7. The van der Waals surface area contributed by atoms with E-state index in [1.807, 2.05) is 46.9 Å². The van der Waals surface area contributed by atoms with Gasteiger partial charge in [0.05, 0.1) is 28.1 Å². The standard InChI is InChI=1S/C25H29ClN2O5S/c1-15(2)13-33-24(29)14-34(31,32)19-8-6-18(7-9-19)17(4)27-25(30)23-12-20-21(26)10-16(3)11-22(20)28(23)5/h6-12,15,17H,13-14H2,1-5H3,(H,27,30)/t17-/m1/s1. The van der Waals surface area contributed by atoms with Crippen LogP contribution in [0.5, 0.6) is 0 Å². The van der Waals surface area contributed by atoms with Gasteiger partial charge in [-0.25, -0.2) is 8.42 Å². The molecule has 3 rings (SSSR count). The summed E-state index contributed by atoms with van der Waals surface area (Å²) in [5.41, 5.74) is 3.06. The smallest absolute Gasteiger partial charge is 0.321 e. The van der Waals surface area contributed by atoms with Crippen LogP contribution >= 0.6 is 11.6 Å². The van der Waals surface area contributed by atoms with Crippen LogP contribution in [-0.2, 0) is 26.4 Å². The Hall–Kier alpha value is -2.84. The van der Waals surface area contributed by atoms with Gasteiger partial charge < -0.3 is 14.6 Å². The highest BCUT2D eigenvalue weighted by molar-refractivity contribution is 7.92. The van der Waals surface area contributed by atoms with Gasteiger partial charge in [0.1, 0.15) is 5.69 Å². The van der Waals surface area contributed by atoms with E-state index in [-0.39, 0.29) is 29.4 Å². The van der Waals surface area contributed by atoms with Gasteiger partial charge >= 0.3 is 5.97 Å². The van der Waals surface area contributed by atoms with Crippen LogP contribution in [0.25, 0.3) is 10.9 Å². The van der Waals surface area contributed by atoms with Gasteiger partial charge in [-0.1, -0.05) is 37.6 Å². The molecule has 0 radical (unpaired) electrons. The summed E-state index contributed by atoms with van der Waals surface area (Å²) < 4.78 is 31.8. The molecule has 182 valence electrons. The summed E-state index contributed by atoms with van der Waals surface area (Å²) in [6.45, 7) is 7.67. The number of benzene rings is 2. The van der Waals surface area contributed by atoms with E-state index in [1.54, 1.807) is 22.8 Å². The molecule has 3 aromatic rings. The number of carbonyl (C=O) groups is 2. The van der Waals surface area contributed by atoms with Crippen molar-refractivity contribution in [2.75, 3.05) is 12.4 Å². The molecule has 0 spiro atoms. The minimum Gasteiger partial charge on any atom is -0.465 e. The molecule has 0 bridgehead atoms. The lowest BCUT2D eigenvalue weighted by molar-refractivity contribution is -0.141. The number of halogens is 1. The summed E-state index contributed by atoms with van der Waals surface area (Å²) >= 11 is 6.35. The summed E-state index contributed by atoms with van der Waals surface area (Å²) in [7, 11) is -2.01. The lowest BCUT2D eigenvalue weighted by Crippen LogP contribution is -2.28. The summed E-state index contributed by atoms with van der Waals surface area (Å²) in [5, 5.41) is 4.33. The number of amides is 1. The third-order valence-corrected chi connectivity index (χ3v) is 7.38. The van der Waals surface area contributed by atoms with Gasteiger partial charge in [-0.15, -0.1) is 0 Å². The van der Waals surface area contributed by atoms with Crippen LogP contribution in [0.2, 0.25) is 5.02 Å². The van der Waals surface area contributed by atoms with E-state index >= 15 is 0 Å². The van der Waals surface area contributed by atoms with Crippen molar-refractivity contribution in [1.29, 1.82) is 0 Å². The average Bonchev–Trinajstić information content (AvgIpc) is 3.09. The lowest BCUT2D eigenvalue weighted by Gasteiger charge is -2.15. The van der Waals surface area contributed by atoms with Crippen molar-refractivity contribution < 1.29 is 22.7 Å².